The van der Waals surface area contributed by atoms with E-state index in [4.69, 9.17) is 16.7 Å². The van der Waals surface area contributed by atoms with Crippen LogP contribution in [0.15, 0.2) is 36.4 Å². The molecule has 0 radical (unpaired) electrons. The number of benzene rings is 2. The molecule has 0 aliphatic rings. The Hall–Kier alpha value is -2.18. The molecule has 0 fully saturated rings. The normalized spacial score (nSPS) is 10.8. The van der Waals surface area contributed by atoms with Crippen LogP contribution in [0, 0.1) is 5.82 Å². The van der Waals surface area contributed by atoms with Crippen molar-refractivity contribution < 1.29 is 14.3 Å². The van der Waals surface area contributed by atoms with E-state index in [1.165, 1.54) is 23.5 Å². The molecule has 3 rings (SSSR count). The van der Waals surface area contributed by atoms with Gasteiger partial charge in [-0.25, -0.2) is 9.37 Å². The summed E-state index contributed by atoms with van der Waals surface area (Å²) in [7, 11) is 0. The number of rotatable bonds is 4. The minimum Gasteiger partial charge on any atom is -0.481 e. The number of carboxylic acids is 1. The van der Waals surface area contributed by atoms with E-state index in [1.807, 2.05) is 0 Å². The van der Waals surface area contributed by atoms with Crippen molar-refractivity contribution >= 4 is 49.9 Å². The Balaban J connectivity index is 1.86. The van der Waals surface area contributed by atoms with E-state index in [1.54, 1.807) is 24.3 Å². The Bertz CT molecular complexity index is 866. The first-order valence-corrected chi connectivity index (χ1v) is 7.54. The number of anilines is 2. The van der Waals surface area contributed by atoms with Crippen LogP contribution in [-0.4, -0.2) is 16.1 Å². The summed E-state index contributed by atoms with van der Waals surface area (Å²) in [6.45, 7) is 0. The average molecular weight is 337 g/mol. The van der Waals surface area contributed by atoms with Gasteiger partial charge in [-0.2, -0.15) is 0 Å². The molecule has 4 nitrogen and oxygen atoms in total. The molecule has 1 aromatic heterocycles. The van der Waals surface area contributed by atoms with Crippen LogP contribution < -0.4 is 5.32 Å². The largest absolute Gasteiger partial charge is 0.481 e. The molecule has 0 bridgehead atoms. The second kappa shape index (κ2) is 5.90. The first-order valence-electron chi connectivity index (χ1n) is 6.34. The number of thiazole rings is 1. The van der Waals surface area contributed by atoms with Crippen LogP contribution in [0.3, 0.4) is 0 Å². The number of halogens is 2. The number of carboxylic acid groups (broad SMARTS) is 1. The van der Waals surface area contributed by atoms with Crippen molar-refractivity contribution in [3.8, 4) is 0 Å². The Morgan fingerprint density at radius 2 is 2.14 bits per heavy atom. The molecule has 22 heavy (non-hydrogen) atoms. The molecule has 2 N–H and O–H groups in total. The monoisotopic (exact) mass is 336 g/mol. The second-order valence-electron chi connectivity index (χ2n) is 4.64. The number of aliphatic carboxylic acids is 1. The van der Waals surface area contributed by atoms with Gasteiger partial charge in [0.2, 0.25) is 0 Å². The standard InChI is InChI=1S/C15H10ClFN2O2S/c16-10-5-8(6-14(20)21)1-3-11(10)18-15-19-12-4-2-9(17)7-13(12)22-15/h1-5,7H,6H2,(H,18,19)(H,20,21). The predicted octanol–water partition coefficient (Wildman–Crippen LogP) is 4.46. The van der Waals surface area contributed by atoms with Gasteiger partial charge in [0, 0.05) is 0 Å². The minimum atomic E-state index is -0.912. The number of nitrogens with zero attached hydrogens (tertiary/aromatic N) is 1. The SMILES string of the molecule is O=C(O)Cc1ccc(Nc2nc3ccc(F)cc3s2)c(Cl)c1. The molecule has 3 aromatic rings. The number of fused-ring (bicyclic) bond motifs is 1. The van der Waals surface area contributed by atoms with Crippen LogP contribution in [-0.2, 0) is 11.2 Å². The zero-order valence-corrected chi connectivity index (χ0v) is 12.7. The molecule has 0 aliphatic carbocycles. The molecule has 0 amide bonds. The lowest BCUT2D eigenvalue weighted by Crippen LogP contribution is -2.00. The number of hydrogen-bond acceptors (Lipinski definition) is 4. The maximum absolute atomic E-state index is 13.2. The molecule has 0 atom stereocenters. The fourth-order valence-electron chi connectivity index (χ4n) is 2.01. The summed E-state index contributed by atoms with van der Waals surface area (Å²) < 4.78 is 13.9. The smallest absolute Gasteiger partial charge is 0.307 e. The summed E-state index contributed by atoms with van der Waals surface area (Å²) >= 11 is 7.46. The third-order valence-electron chi connectivity index (χ3n) is 2.98. The molecule has 0 aliphatic heterocycles. The molecule has 0 saturated heterocycles. The van der Waals surface area contributed by atoms with E-state index in [9.17, 15) is 9.18 Å². The van der Waals surface area contributed by atoms with Crippen molar-refractivity contribution in [2.45, 2.75) is 6.42 Å². The molecule has 0 spiro atoms. The lowest BCUT2D eigenvalue weighted by atomic mass is 10.1. The van der Waals surface area contributed by atoms with Gasteiger partial charge in [-0.05, 0) is 35.9 Å². The summed E-state index contributed by atoms with van der Waals surface area (Å²) in [5, 5.41) is 12.8. The van der Waals surface area contributed by atoms with Gasteiger partial charge in [-0.15, -0.1) is 0 Å². The van der Waals surface area contributed by atoms with Crippen molar-refractivity contribution in [2.24, 2.45) is 0 Å². The van der Waals surface area contributed by atoms with Gasteiger partial charge in [0.25, 0.3) is 0 Å². The number of hydrogen-bond donors (Lipinski definition) is 2. The highest BCUT2D eigenvalue weighted by atomic mass is 35.5. The van der Waals surface area contributed by atoms with Crippen LogP contribution >= 0.6 is 22.9 Å². The van der Waals surface area contributed by atoms with E-state index >= 15 is 0 Å². The minimum absolute atomic E-state index is 0.0829. The van der Waals surface area contributed by atoms with E-state index in [2.05, 4.69) is 10.3 Å². The van der Waals surface area contributed by atoms with Crippen LogP contribution in [0.2, 0.25) is 5.02 Å². The molecule has 7 heteroatoms. The third-order valence-corrected chi connectivity index (χ3v) is 4.23. The van der Waals surface area contributed by atoms with E-state index in [0.29, 0.717) is 26.9 Å². The third kappa shape index (κ3) is 3.18. The second-order valence-corrected chi connectivity index (χ2v) is 6.08. The van der Waals surface area contributed by atoms with Crippen molar-refractivity contribution in [3.05, 3.63) is 52.8 Å². The highest BCUT2D eigenvalue weighted by Gasteiger charge is 2.09. The molecule has 2 aromatic carbocycles. The molecular formula is C15H10ClFN2O2S. The lowest BCUT2D eigenvalue weighted by molar-refractivity contribution is -0.136. The van der Waals surface area contributed by atoms with Gasteiger partial charge in [-0.1, -0.05) is 29.0 Å². The summed E-state index contributed by atoms with van der Waals surface area (Å²) in [6.07, 6.45) is -0.0829. The molecule has 112 valence electrons. The van der Waals surface area contributed by atoms with Gasteiger partial charge < -0.3 is 10.4 Å². The van der Waals surface area contributed by atoms with Gasteiger partial charge in [0.1, 0.15) is 5.82 Å². The fourth-order valence-corrected chi connectivity index (χ4v) is 3.17. The van der Waals surface area contributed by atoms with Crippen LogP contribution in [0.1, 0.15) is 5.56 Å². The van der Waals surface area contributed by atoms with Crippen molar-refractivity contribution in [3.63, 3.8) is 0 Å². The first-order chi connectivity index (χ1) is 10.5. The number of nitrogens with one attached hydrogen (secondary N) is 1. The lowest BCUT2D eigenvalue weighted by Gasteiger charge is -2.06. The van der Waals surface area contributed by atoms with Crippen LogP contribution in [0.25, 0.3) is 10.2 Å². The predicted molar refractivity (Wildman–Crippen MR) is 85.7 cm³/mol. The molecule has 1 heterocycles. The fraction of sp³-hybridized carbons (Fsp3) is 0.0667. The Morgan fingerprint density at radius 3 is 2.86 bits per heavy atom. The van der Waals surface area contributed by atoms with E-state index in [0.717, 1.165) is 4.70 Å². The molecule has 0 saturated carbocycles. The van der Waals surface area contributed by atoms with Gasteiger partial charge in [-0.3, -0.25) is 4.79 Å². The van der Waals surface area contributed by atoms with Crippen LogP contribution in [0.5, 0.6) is 0 Å². The number of carbonyl (C=O) groups is 1. The van der Waals surface area contributed by atoms with E-state index < -0.39 is 5.97 Å². The zero-order chi connectivity index (χ0) is 15.7. The van der Waals surface area contributed by atoms with Crippen molar-refractivity contribution in [2.75, 3.05) is 5.32 Å². The van der Waals surface area contributed by atoms with Crippen molar-refractivity contribution in [1.82, 2.24) is 4.98 Å². The topological polar surface area (TPSA) is 62.2 Å². The maximum Gasteiger partial charge on any atom is 0.307 e. The summed E-state index contributed by atoms with van der Waals surface area (Å²) in [5.74, 6) is -1.22. The van der Waals surface area contributed by atoms with Gasteiger partial charge >= 0.3 is 5.97 Å². The Morgan fingerprint density at radius 1 is 1.32 bits per heavy atom. The quantitative estimate of drug-likeness (QED) is 0.738. The Labute approximate surface area is 134 Å². The van der Waals surface area contributed by atoms with Crippen LogP contribution in [0.4, 0.5) is 15.2 Å². The highest BCUT2D eigenvalue weighted by molar-refractivity contribution is 7.22. The van der Waals surface area contributed by atoms with E-state index in [-0.39, 0.29) is 12.2 Å². The first kappa shape index (κ1) is 14.7. The van der Waals surface area contributed by atoms with Gasteiger partial charge in [0.05, 0.1) is 27.3 Å². The van der Waals surface area contributed by atoms with Gasteiger partial charge in [0.15, 0.2) is 5.13 Å². The average Bonchev–Trinajstić information content (AvgIpc) is 2.82. The summed E-state index contributed by atoms with van der Waals surface area (Å²) in [5.41, 5.74) is 1.94. The Kier molecular flexibility index (Phi) is 3.96. The molecule has 0 unspecified atom stereocenters. The summed E-state index contributed by atoms with van der Waals surface area (Å²) in [4.78, 5) is 15.0. The van der Waals surface area contributed by atoms with Crippen molar-refractivity contribution in [1.29, 1.82) is 0 Å². The summed E-state index contributed by atoms with van der Waals surface area (Å²) in [6, 6.07) is 9.40. The molecular weight excluding hydrogens is 327 g/mol. The zero-order valence-electron chi connectivity index (χ0n) is 11.1. The highest BCUT2D eigenvalue weighted by Crippen LogP contribution is 2.32. The number of aromatic nitrogens is 1. The maximum atomic E-state index is 13.2.